The Morgan fingerprint density at radius 2 is 0.825 bits per heavy atom. The Kier molecular flexibility index (Phi) is 8.52. The van der Waals surface area contributed by atoms with Gasteiger partial charge in [-0.25, -0.2) is 4.98 Å². The van der Waals surface area contributed by atoms with Gasteiger partial charge in [0.25, 0.3) is 0 Å². The van der Waals surface area contributed by atoms with E-state index in [1.807, 2.05) is 18.2 Å². The van der Waals surface area contributed by atoms with Crippen molar-refractivity contribution in [1.29, 1.82) is 0 Å². The summed E-state index contributed by atoms with van der Waals surface area (Å²) < 4.78 is 0. The smallest absolute Gasteiger partial charge is 0.0794 e. The summed E-state index contributed by atoms with van der Waals surface area (Å²) in [6.45, 7) is 4.65. The zero-order valence-electron chi connectivity index (χ0n) is 34.5. The number of hydrogen-bond donors (Lipinski definition) is 1. The first-order valence-electron chi connectivity index (χ1n) is 21.5. The Morgan fingerprint density at radius 3 is 1.48 bits per heavy atom. The Hall–Kier alpha value is -8.33. The SMILES string of the molecule is C=C(c1ccc(-c2cc(-c3cc4ccccc4c4ccccc34)nc3c2cc(-c2cc4ccccc4c4ccccc24)c2ccccc23)cc1)c1ccccc1-c1ccccc1N. The van der Waals surface area contributed by atoms with Crippen LogP contribution in [0, 0.1) is 0 Å². The van der Waals surface area contributed by atoms with Gasteiger partial charge in [0.05, 0.1) is 11.2 Å². The molecule has 2 N–H and O–H groups in total. The van der Waals surface area contributed by atoms with E-state index in [1.54, 1.807) is 0 Å². The number of nitrogens with two attached hydrogens (primary N) is 1. The molecule has 11 aromatic carbocycles. The number of nitrogens with zero attached hydrogens (tertiary/aromatic N) is 1. The van der Waals surface area contributed by atoms with E-state index >= 15 is 0 Å². The first-order chi connectivity index (χ1) is 31.1. The van der Waals surface area contributed by atoms with E-state index in [2.05, 4.69) is 207 Å². The first-order valence-corrected chi connectivity index (χ1v) is 21.5. The maximum absolute atomic E-state index is 6.50. The van der Waals surface area contributed by atoms with E-state index in [9.17, 15) is 0 Å². The summed E-state index contributed by atoms with van der Waals surface area (Å²) in [5.41, 5.74) is 20.0. The van der Waals surface area contributed by atoms with Crippen molar-refractivity contribution in [1.82, 2.24) is 4.98 Å². The van der Waals surface area contributed by atoms with Crippen LogP contribution in [0.25, 0.3) is 115 Å². The number of benzene rings is 11. The number of aromatic nitrogens is 1. The first kappa shape index (κ1) is 36.5. The molecule has 294 valence electrons. The fourth-order valence-electron chi connectivity index (χ4n) is 9.93. The average molecular weight is 801 g/mol. The van der Waals surface area contributed by atoms with Gasteiger partial charge in [0.15, 0.2) is 0 Å². The van der Waals surface area contributed by atoms with Crippen molar-refractivity contribution in [2.75, 3.05) is 5.73 Å². The van der Waals surface area contributed by atoms with E-state index in [1.165, 1.54) is 59.6 Å². The molecule has 0 bridgehead atoms. The van der Waals surface area contributed by atoms with Crippen LogP contribution < -0.4 is 5.73 Å². The molecule has 1 heterocycles. The van der Waals surface area contributed by atoms with Crippen molar-refractivity contribution < 1.29 is 0 Å². The minimum atomic E-state index is 0.747. The van der Waals surface area contributed by atoms with Gasteiger partial charge in [-0.1, -0.05) is 195 Å². The summed E-state index contributed by atoms with van der Waals surface area (Å²) in [5, 5.41) is 13.2. The highest BCUT2D eigenvalue weighted by Gasteiger charge is 2.20. The zero-order valence-corrected chi connectivity index (χ0v) is 34.5. The summed E-state index contributed by atoms with van der Waals surface area (Å²) >= 11 is 0. The quantitative estimate of drug-likeness (QED) is 0.134. The fraction of sp³-hybridized carbons (Fsp3) is 0. The molecule has 2 heteroatoms. The molecular weight excluding hydrogens is 761 g/mol. The zero-order chi connectivity index (χ0) is 42.0. The lowest BCUT2D eigenvalue weighted by Crippen LogP contribution is -1.96. The third-order valence-electron chi connectivity index (χ3n) is 13.0. The number of fused-ring (bicyclic) bond motifs is 9. The molecule has 0 amide bonds. The molecule has 12 rings (SSSR count). The minimum Gasteiger partial charge on any atom is -0.398 e. The van der Waals surface area contributed by atoms with Gasteiger partial charge in [0.2, 0.25) is 0 Å². The molecule has 12 aromatic rings. The topological polar surface area (TPSA) is 38.9 Å². The predicted molar refractivity (Wildman–Crippen MR) is 270 cm³/mol. The maximum Gasteiger partial charge on any atom is 0.0794 e. The molecule has 0 saturated heterocycles. The van der Waals surface area contributed by atoms with Crippen molar-refractivity contribution in [3.8, 4) is 44.6 Å². The van der Waals surface area contributed by atoms with Crippen molar-refractivity contribution in [3.05, 3.63) is 236 Å². The van der Waals surface area contributed by atoms with Crippen LogP contribution in [0.2, 0.25) is 0 Å². The second-order valence-electron chi connectivity index (χ2n) is 16.5. The summed E-state index contributed by atoms with van der Waals surface area (Å²) in [4.78, 5) is 5.67. The van der Waals surface area contributed by atoms with E-state index in [4.69, 9.17) is 10.7 Å². The van der Waals surface area contributed by atoms with Crippen molar-refractivity contribution in [2.45, 2.75) is 0 Å². The van der Waals surface area contributed by atoms with Gasteiger partial charge in [-0.15, -0.1) is 0 Å². The Labute approximate surface area is 365 Å². The van der Waals surface area contributed by atoms with E-state index in [-0.39, 0.29) is 0 Å². The Bertz CT molecular complexity index is 3820. The van der Waals surface area contributed by atoms with Gasteiger partial charge in [-0.2, -0.15) is 0 Å². The molecule has 0 aliphatic rings. The van der Waals surface area contributed by atoms with Crippen LogP contribution >= 0.6 is 0 Å². The molecule has 0 spiro atoms. The molecule has 63 heavy (non-hydrogen) atoms. The molecular formula is C61H40N2. The van der Waals surface area contributed by atoms with Gasteiger partial charge in [-0.05, 0) is 123 Å². The Balaban J connectivity index is 1.12. The van der Waals surface area contributed by atoms with Crippen LogP contribution in [0.15, 0.2) is 225 Å². The van der Waals surface area contributed by atoms with Gasteiger partial charge in [0, 0.05) is 27.6 Å². The predicted octanol–water partition coefficient (Wildman–Crippen LogP) is 16.3. The lowest BCUT2D eigenvalue weighted by Gasteiger charge is -2.19. The third kappa shape index (κ3) is 5.99. The number of nitrogen functional groups attached to an aromatic ring is 1. The number of para-hydroxylation sites is 1. The molecule has 0 aliphatic carbocycles. The van der Waals surface area contributed by atoms with E-state index in [0.29, 0.717) is 0 Å². The second-order valence-corrected chi connectivity index (χ2v) is 16.5. The molecule has 0 unspecified atom stereocenters. The fourth-order valence-corrected chi connectivity index (χ4v) is 9.93. The van der Waals surface area contributed by atoms with E-state index < -0.39 is 0 Å². The lowest BCUT2D eigenvalue weighted by molar-refractivity contribution is 1.42. The number of pyridine rings is 1. The van der Waals surface area contributed by atoms with Crippen molar-refractivity contribution >= 4 is 76.0 Å². The van der Waals surface area contributed by atoms with Gasteiger partial charge in [-0.3, -0.25) is 0 Å². The monoisotopic (exact) mass is 800 g/mol. The standard InChI is InChI=1S/C61H40N2/c1-38(43-18-6-7-21-46(43)52-27-14-15-29-59(52)62)39-30-32-40(33-31-39)54-37-60(57-35-42-17-3-5-20-45(42)48-23-9-11-25-50(48)57)63-61-53-28-13-12-26-51(53)56(36-58(54)61)55-34-41-16-2-4-19-44(41)47-22-8-10-24-49(47)55/h2-37H,1,62H2. The highest BCUT2D eigenvalue weighted by atomic mass is 14.7. The summed E-state index contributed by atoms with van der Waals surface area (Å²) in [7, 11) is 0. The highest BCUT2D eigenvalue weighted by molar-refractivity contribution is 6.22. The summed E-state index contributed by atoms with van der Waals surface area (Å²) in [6, 6.07) is 78.5. The maximum atomic E-state index is 6.50. The minimum absolute atomic E-state index is 0.747. The van der Waals surface area contributed by atoms with Gasteiger partial charge >= 0.3 is 0 Å². The van der Waals surface area contributed by atoms with Crippen LogP contribution in [0.3, 0.4) is 0 Å². The van der Waals surface area contributed by atoms with Crippen LogP contribution in [0.1, 0.15) is 11.1 Å². The molecule has 1 aromatic heterocycles. The molecule has 0 aliphatic heterocycles. The molecule has 0 saturated carbocycles. The average Bonchev–Trinajstić information content (AvgIpc) is 3.35. The second kappa shape index (κ2) is 14.7. The van der Waals surface area contributed by atoms with Gasteiger partial charge in [0.1, 0.15) is 0 Å². The third-order valence-corrected chi connectivity index (χ3v) is 13.0. The Morgan fingerprint density at radius 1 is 0.349 bits per heavy atom. The molecule has 0 atom stereocenters. The largest absolute Gasteiger partial charge is 0.398 e. The summed E-state index contributed by atoms with van der Waals surface area (Å²) in [5.74, 6) is 0. The number of rotatable bonds is 6. The van der Waals surface area contributed by atoms with Crippen LogP contribution in [0.4, 0.5) is 5.69 Å². The van der Waals surface area contributed by atoms with Crippen molar-refractivity contribution in [3.63, 3.8) is 0 Å². The van der Waals surface area contributed by atoms with Crippen LogP contribution in [0.5, 0.6) is 0 Å². The lowest BCUT2D eigenvalue weighted by atomic mass is 9.87. The van der Waals surface area contributed by atoms with Gasteiger partial charge < -0.3 is 5.73 Å². The summed E-state index contributed by atoms with van der Waals surface area (Å²) in [6.07, 6.45) is 0. The van der Waals surface area contributed by atoms with E-state index in [0.717, 1.165) is 72.2 Å². The van der Waals surface area contributed by atoms with Crippen LogP contribution in [-0.2, 0) is 0 Å². The van der Waals surface area contributed by atoms with Crippen LogP contribution in [-0.4, -0.2) is 4.98 Å². The molecule has 0 radical (unpaired) electrons. The number of hydrogen-bond acceptors (Lipinski definition) is 2. The molecule has 2 nitrogen and oxygen atoms in total. The normalized spacial score (nSPS) is 11.6. The molecule has 0 fully saturated rings. The highest BCUT2D eigenvalue weighted by Crippen LogP contribution is 2.45. The van der Waals surface area contributed by atoms with Crippen molar-refractivity contribution in [2.24, 2.45) is 0 Å². The number of anilines is 1.